The van der Waals surface area contributed by atoms with Crippen LogP contribution in [0, 0.1) is 0 Å². The monoisotopic (exact) mass is 332 g/mol. The number of fused-ring (bicyclic) bond motifs is 1. The van der Waals surface area contributed by atoms with E-state index in [1.54, 1.807) is 4.90 Å². The van der Waals surface area contributed by atoms with Crippen LogP contribution in [-0.4, -0.2) is 49.3 Å². The number of nitrogens with two attached hydrogens (primary N) is 1. The third kappa shape index (κ3) is 3.72. The maximum absolute atomic E-state index is 11.7. The van der Waals surface area contributed by atoms with Gasteiger partial charge in [0.25, 0.3) is 0 Å². The summed E-state index contributed by atoms with van der Waals surface area (Å²) in [5.74, 6) is 1.30. The maximum Gasteiger partial charge on any atom is 0.409 e. The van der Waals surface area contributed by atoms with Gasteiger partial charge in [0.2, 0.25) is 0 Å². The second kappa shape index (κ2) is 7.42. The second-order valence-electron chi connectivity index (χ2n) is 5.98. The molecule has 2 aliphatic heterocycles. The maximum atomic E-state index is 11.7. The summed E-state index contributed by atoms with van der Waals surface area (Å²) in [6.07, 6.45) is 1.41. The van der Waals surface area contributed by atoms with Gasteiger partial charge in [0.1, 0.15) is 18.4 Å². The van der Waals surface area contributed by atoms with E-state index in [1.807, 2.05) is 31.2 Å². The Bertz CT molecular complexity index is 612. The van der Waals surface area contributed by atoms with Crippen LogP contribution in [0.1, 0.15) is 31.4 Å². The lowest BCUT2D eigenvalue weighted by Gasteiger charge is -2.31. The fourth-order valence-corrected chi connectivity index (χ4v) is 3.09. The molecule has 1 unspecified atom stereocenters. The van der Waals surface area contributed by atoms with Gasteiger partial charge in [0.15, 0.2) is 5.96 Å². The number of carbonyl (C=O) groups is 1. The molecule has 1 fully saturated rings. The van der Waals surface area contributed by atoms with Crippen LogP contribution >= 0.6 is 0 Å². The molecule has 1 amide bonds. The van der Waals surface area contributed by atoms with E-state index in [9.17, 15) is 4.79 Å². The molecule has 0 aromatic heterocycles. The number of likely N-dealkylation sites (tertiary alicyclic amines) is 1. The number of hydrogen-bond acceptors (Lipinski definition) is 4. The van der Waals surface area contributed by atoms with Gasteiger partial charge in [-0.1, -0.05) is 18.2 Å². The highest BCUT2D eigenvalue weighted by molar-refractivity contribution is 5.78. The fourth-order valence-electron chi connectivity index (χ4n) is 3.09. The number of nitrogens with zero attached hydrogens (tertiary/aromatic N) is 2. The van der Waals surface area contributed by atoms with Crippen LogP contribution in [0.25, 0.3) is 0 Å². The lowest BCUT2D eigenvalue weighted by molar-refractivity contribution is 0.0963. The Labute approximate surface area is 141 Å². The number of piperidine rings is 1. The van der Waals surface area contributed by atoms with Gasteiger partial charge in [-0.25, -0.2) is 9.79 Å². The number of carbonyl (C=O) groups excluding carboxylic acids is 1. The summed E-state index contributed by atoms with van der Waals surface area (Å²) in [4.78, 5) is 18.0. The standard InChI is InChI=1S/C17H24N4O3/c1-2-23-17(22)21-9-7-12(8-10-21)19-16(18)20-14-11-24-15-6-4-3-5-13(14)15/h3-6,12,14H,2,7-11H2,1H3,(H3,18,19,20). The van der Waals surface area contributed by atoms with E-state index in [4.69, 9.17) is 15.2 Å². The average Bonchev–Trinajstić information content (AvgIpc) is 2.99. The van der Waals surface area contributed by atoms with Crippen molar-refractivity contribution in [2.75, 3.05) is 26.3 Å². The topological polar surface area (TPSA) is 89.2 Å². The second-order valence-corrected chi connectivity index (χ2v) is 5.98. The SMILES string of the molecule is CCOC(=O)N1CCC(NC(N)=NC2COc3ccccc32)CC1. The molecule has 0 saturated carbocycles. The lowest BCUT2D eigenvalue weighted by Crippen LogP contribution is -2.48. The number of benzene rings is 1. The molecule has 0 bridgehead atoms. The molecule has 7 nitrogen and oxygen atoms in total. The van der Waals surface area contributed by atoms with Gasteiger partial charge in [-0.05, 0) is 25.8 Å². The Morgan fingerprint density at radius 2 is 2.17 bits per heavy atom. The minimum absolute atomic E-state index is 0.0617. The first kappa shape index (κ1) is 16.4. The zero-order chi connectivity index (χ0) is 16.9. The number of hydrogen-bond donors (Lipinski definition) is 2. The Morgan fingerprint density at radius 3 is 2.92 bits per heavy atom. The fraction of sp³-hybridized carbons (Fsp3) is 0.529. The number of aliphatic imine (C=N–C) groups is 1. The summed E-state index contributed by atoms with van der Waals surface area (Å²) in [6, 6.07) is 8.04. The minimum Gasteiger partial charge on any atom is -0.491 e. The van der Waals surface area contributed by atoms with Crippen molar-refractivity contribution in [2.45, 2.75) is 31.8 Å². The molecule has 1 aromatic carbocycles. The van der Waals surface area contributed by atoms with Crippen LogP contribution in [0.5, 0.6) is 5.75 Å². The molecule has 2 aliphatic rings. The largest absolute Gasteiger partial charge is 0.491 e. The molecule has 1 atom stereocenters. The van der Waals surface area contributed by atoms with E-state index in [1.165, 1.54) is 0 Å². The molecule has 0 spiro atoms. The highest BCUT2D eigenvalue weighted by atomic mass is 16.6. The molecule has 1 saturated heterocycles. The number of amides is 1. The molecule has 3 N–H and O–H groups in total. The third-order valence-electron chi connectivity index (χ3n) is 4.34. The van der Waals surface area contributed by atoms with Crippen LogP contribution in [0.4, 0.5) is 4.79 Å². The van der Waals surface area contributed by atoms with Crippen molar-refractivity contribution < 1.29 is 14.3 Å². The Kier molecular flexibility index (Phi) is 5.08. The molecule has 1 aromatic rings. The molecule has 0 aliphatic carbocycles. The first-order valence-corrected chi connectivity index (χ1v) is 8.40. The number of nitrogens with one attached hydrogen (secondary N) is 1. The van der Waals surface area contributed by atoms with Gasteiger partial charge in [-0.15, -0.1) is 0 Å². The molecule has 7 heteroatoms. The first-order chi connectivity index (χ1) is 11.7. The number of ether oxygens (including phenoxy) is 2. The van der Waals surface area contributed by atoms with Gasteiger partial charge in [-0.2, -0.15) is 0 Å². The molecular weight excluding hydrogens is 308 g/mol. The highest BCUT2D eigenvalue weighted by Gasteiger charge is 2.26. The van der Waals surface area contributed by atoms with Crippen molar-refractivity contribution in [3.63, 3.8) is 0 Å². The van der Waals surface area contributed by atoms with Crippen molar-refractivity contribution in [1.82, 2.24) is 10.2 Å². The molecule has 130 valence electrons. The molecule has 2 heterocycles. The molecule has 24 heavy (non-hydrogen) atoms. The van der Waals surface area contributed by atoms with Crippen molar-refractivity contribution in [3.05, 3.63) is 29.8 Å². The first-order valence-electron chi connectivity index (χ1n) is 8.40. The molecular formula is C17H24N4O3. The Balaban J connectivity index is 1.51. The average molecular weight is 332 g/mol. The minimum atomic E-state index is -0.239. The summed E-state index contributed by atoms with van der Waals surface area (Å²) in [5.41, 5.74) is 7.13. The van der Waals surface area contributed by atoms with Crippen LogP contribution in [0.15, 0.2) is 29.3 Å². The molecule has 3 rings (SSSR count). The zero-order valence-corrected chi connectivity index (χ0v) is 13.9. The van der Waals surface area contributed by atoms with Gasteiger partial charge < -0.3 is 25.4 Å². The quantitative estimate of drug-likeness (QED) is 0.649. The summed E-state index contributed by atoms with van der Waals surface area (Å²) < 4.78 is 10.6. The van der Waals surface area contributed by atoms with Gasteiger partial charge >= 0.3 is 6.09 Å². The summed E-state index contributed by atoms with van der Waals surface area (Å²) in [5, 5.41) is 3.26. The van der Waals surface area contributed by atoms with Gasteiger partial charge in [0, 0.05) is 24.7 Å². The third-order valence-corrected chi connectivity index (χ3v) is 4.34. The molecule has 0 radical (unpaired) electrons. The van der Waals surface area contributed by atoms with Gasteiger partial charge in [0.05, 0.1) is 6.61 Å². The van der Waals surface area contributed by atoms with Crippen LogP contribution < -0.4 is 15.8 Å². The van der Waals surface area contributed by atoms with E-state index in [0.29, 0.717) is 32.3 Å². The zero-order valence-electron chi connectivity index (χ0n) is 13.9. The number of para-hydroxylation sites is 1. The summed E-state index contributed by atoms with van der Waals surface area (Å²) in [6.45, 7) is 4.07. The van der Waals surface area contributed by atoms with E-state index in [-0.39, 0.29) is 18.2 Å². The van der Waals surface area contributed by atoms with Crippen LogP contribution in [0.2, 0.25) is 0 Å². The Hall–Kier alpha value is -2.44. The van der Waals surface area contributed by atoms with E-state index in [0.717, 1.165) is 24.2 Å². The normalized spacial score (nSPS) is 21.1. The van der Waals surface area contributed by atoms with E-state index < -0.39 is 0 Å². The van der Waals surface area contributed by atoms with Crippen molar-refractivity contribution in [1.29, 1.82) is 0 Å². The van der Waals surface area contributed by atoms with Crippen LogP contribution in [0.3, 0.4) is 0 Å². The summed E-state index contributed by atoms with van der Waals surface area (Å²) in [7, 11) is 0. The van der Waals surface area contributed by atoms with Crippen LogP contribution in [-0.2, 0) is 4.74 Å². The van der Waals surface area contributed by atoms with Gasteiger partial charge in [-0.3, -0.25) is 0 Å². The Morgan fingerprint density at radius 1 is 1.42 bits per heavy atom. The smallest absolute Gasteiger partial charge is 0.409 e. The van der Waals surface area contributed by atoms with Crippen molar-refractivity contribution >= 4 is 12.1 Å². The predicted octanol–water partition coefficient (Wildman–Crippen LogP) is 1.65. The van der Waals surface area contributed by atoms with Crippen molar-refractivity contribution in [3.8, 4) is 5.75 Å². The highest BCUT2D eigenvalue weighted by Crippen LogP contribution is 2.34. The summed E-state index contributed by atoms with van der Waals surface area (Å²) >= 11 is 0. The van der Waals surface area contributed by atoms with Crippen molar-refractivity contribution in [2.24, 2.45) is 10.7 Å². The predicted molar refractivity (Wildman–Crippen MR) is 91.1 cm³/mol. The van der Waals surface area contributed by atoms with E-state index >= 15 is 0 Å². The lowest BCUT2D eigenvalue weighted by atomic mass is 10.1. The number of rotatable bonds is 3. The van der Waals surface area contributed by atoms with E-state index in [2.05, 4.69) is 10.3 Å². The number of guanidine groups is 1.